The summed E-state index contributed by atoms with van der Waals surface area (Å²) >= 11 is 0. The first-order valence-electron chi connectivity index (χ1n) is 5.99. The highest BCUT2D eigenvalue weighted by Crippen LogP contribution is 2.19. The Bertz CT molecular complexity index is 444. The van der Waals surface area contributed by atoms with Gasteiger partial charge in [0.1, 0.15) is 0 Å². The van der Waals surface area contributed by atoms with Crippen LogP contribution in [0.1, 0.15) is 35.7 Å². The SMILES string of the molecule is C[C@H]1CCCN1C(=O)c1ccc(CC#N)cc1. The van der Waals surface area contributed by atoms with Crippen molar-refractivity contribution in [2.45, 2.75) is 32.2 Å². The summed E-state index contributed by atoms with van der Waals surface area (Å²) in [4.78, 5) is 14.1. The molecule has 1 saturated heterocycles. The minimum absolute atomic E-state index is 0.110. The number of nitrogens with zero attached hydrogens (tertiary/aromatic N) is 2. The standard InChI is InChI=1S/C14H16N2O/c1-11-3-2-10-16(11)14(17)13-6-4-12(5-7-13)8-9-15/h4-7,11H,2-3,8,10H2,1H3/t11-/m0/s1. The summed E-state index contributed by atoms with van der Waals surface area (Å²) in [5.41, 5.74) is 1.68. The Labute approximate surface area is 102 Å². The molecule has 3 nitrogen and oxygen atoms in total. The molecule has 88 valence electrons. The van der Waals surface area contributed by atoms with E-state index in [2.05, 4.69) is 13.0 Å². The predicted octanol–water partition coefficient (Wildman–Crippen LogP) is 2.38. The second-order valence-electron chi connectivity index (χ2n) is 4.52. The van der Waals surface area contributed by atoms with Gasteiger partial charge in [-0.25, -0.2) is 0 Å². The molecule has 1 fully saturated rings. The molecule has 17 heavy (non-hydrogen) atoms. The van der Waals surface area contributed by atoms with Gasteiger partial charge in [-0.2, -0.15) is 5.26 Å². The fourth-order valence-corrected chi connectivity index (χ4v) is 2.26. The largest absolute Gasteiger partial charge is 0.336 e. The Kier molecular flexibility index (Phi) is 3.43. The van der Waals surface area contributed by atoms with Crippen molar-refractivity contribution in [3.63, 3.8) is 0 Å². The van der Waals surface area contributed by atoms with Gasteiger partial charge < -0.3 is 4.90 Å². The van der Waals surface area contributed by atoms with Crippen LogP contribution in [0.2, 0.25) is 0 Å². The van der Waals surface area contributed by atoms with Gasteiger partial charge in [-0.05, 0) is 37.5 Å². The van der Waals surface area contributed by atoms with E-state index in [0.717, 1.165) is 30.5 Å². The fraction of sp³-hybridized carbons (Fsp3) is 0.429. The van der Waals surface area contributed by atoms with Gasteiger partial charge in [0.15, 0.2) is 0 Å². The van der Waals surface area contributed by atoms with Crippen LogP contribution in [-0.2, 0) is 6.42 Å². The first-order chi connectivity index (χ1) is 8.22. The lowest BCUT2D eigenvalue weighted by Gasteiger charge is -2.21. The molecule has 0 saturated carbocycles. The van der Waals surface area contributed by atoms with E-state index in [-0.39, 0.29) is 5.91 Å². The number of nitriles is 1. The summed E-state index contributed by atoms with van der Waals surface area (Å²) in [5.74, 6) is 0.110. The number of carbonyl (C=O) groups excluding carboxylic acids is 1. The molecule has 0 spiro atoms. The molecule has 1 aliphatic rings. The summed E-state index contributed by atoms with van der Waals surface area (Å²) in [6, 6.07) is 9.80. The van der Waals surface area contributed by atoms with Crippen LogP contribution in [0.5, 0.6) is 0 Å². The van der Waals surface area contributed by atoms with Crippen molar-refractivity contribution >= 4 is 5.91 Å². The number of carbonyl (C=O) groups is 1. The Balaban J connectivity index is 2.12. The van der Waals surface area contributed by atoms with Crippen LogP contribution >= 0.6 is 0 Å². The van der Waals surface area contributed by atoms with Crippen LogP contribution < -0.4 is 0 Å². The molecule has 0 bridgehead atoms. The maximum Gasteiger partial charge on any atom is 0.254 e. The summed E-state index contributed by atoms with van der Waals surface area (Å²) < 4.78 is 0. The molecule has 1 aromatic rings. The number of hydrogen-bond donors (Lipinski definition) is 0. The van der Waals surface area contributed by atoms with Crippen molar-refractivity contribution < 1.29 is 4.79 Å². The third kappa shape index (κ3) is 2.47. The normalized spacial score (nSPS) is 19.1. The van der Waals surface area contributed by atoms with Crippen molar-refractivity contribution in [3.8, 4) is 6.07 Å². The summed E-state index contributed by atoms with van der Waals surface area (Å²) in [6.45, 7) is 2.95. The zero-order valence-electron chi connectivity index (χ0n) is 10.0. The molecule has 1 atom stereocenters. The lowest BCUT2D eigenvalue weighted by Crippen LogP contribution is -2.33. The van der Waals surface area contributed by atoms with E-state index < -0.39 is 0 Å². The highest BCUT2D eigenvalue weighted by molar-refractivity contribution is 5.94. The van der Waals surface area contributed by atoms with E-state index in [0.29, 0.717) is 12.5 Å². The minimum Gasteiger partial charge on any atom is -0.336 e. The molecule has 0 aromatic heterocycles. The highest BCUT2D eigenvalue weighted by atomic mass is 16.2. The van der Waals surface area contributed by atoms with E-state index in [9.17, 15) is 4.79 Å². The lowest BCUT2D eigenvalue weighted by atomic mass is 10.1. The summed E-state index contributed by atoms with van der Waals surface area (Å²) in [7, 11) is 0. The Morgan fingerprint density at radius 2 is 2.18 bits per heavy atom. The number of amides is 1. The molecular weight excluding hydrogens is 212 g/mol. The first-order valence-corrected chi connectivity index (χ1v) is 5.99. The first kappa shape index (κ1) is 11.7. The highest BCUT2D eigenvalue weighted by Gasteiger charge is 2.25. The van der Waals surface area contributed by atoms with E-state index in [1.807, 2.05) is 29.2 Å². The van der Waals surface area contributed by atoms with E-state index in [4.69, 9.17) is 5.26 Å². The molecule has 3 heteroatoms. The van der Waals surface area contributed by atoms with Crippen molar-refractivity contribution in [2.24, 2.45) is 0 Å². The quantitative estimate of drug-likeness (QED) is 0.780. The van der Waals surface area contributed by atoms with E-state index >= 15 is 0 Å². The zero-order chi connectivity index (χ0) is 12.3. The number of benzene rings is 1. The van der Waals surface area contributed by atoms with Crippen molar-refractivity contribution in [3.05, 3.63) is 35.4 Å². The molecule has 1 amide bonds. The van der Waals surface area contributed by atoms with Gasteiger partial charge in [-0.15, -0.1) is 0 Å². The van der Waals surface area contributed by atoms with Gasteiger partial charge in [-0.3, -0.25) is 4.79 Å². The number of hydrogen-bond acceptors (Lipinski definition) is 2. The van der Waals surface area contributed by atoms with Crippen molar-refractivity contribution in [2.75, 3.05) is 6.54 Å². The van der Waals surface area contributed by atoms with Crippen LogP contribution in [0.3, 0.4) is 0 Å². The average Bonchev–Trinajstić information content (AvgIpc) is 2.76. The van der Waals surface area contributed by atoms with Gasteiger partial charge in [0.05, 0.1) is 12.5 Å². The second kappa shape index (κ2) is 5.01. The second-order valence-corrected chi connectivity index (χ2v) is 4.52. The maximum atomic E-state index is 12.2. The lowest BCUT2D eigenvalue weighted by molar-refractivity contribution is 0.0747. The molecule has 1 heterocycles. The minimum atomic E-state index is 0.110. The Hall–Kier alpha value is -1.82. The third-order valence-corrected chi connectivity index (χ3v) is 3.30. The monoisotopic (exact) mass is 228 g/mol. The van der Waals surface area contributed by atoms with Crippen molar-refractivity contribution in [1.82, 2.24) is 4.90 Å². The predicted molar refractivity (Wildman–Crippen MR) is 65.5 cm³/mol. The number of likely N-dealkylation sites (tertiary alicyclic amines) is 1. The van der Waals surface area contributed by atoms with Crippen LogP contribution in [0, 0.1) is 11.3 Å². The van der Waals surface area contributed by atoms with Gasteiger partial charge >= 0.3 is 0 Å². The molecule has 2 rings (SSSR count). The fourth-order valence-electron chi connectivity index (χ4n) is 2.26. The smallest absolute Gasteiger partial charge is 0.254 e. The summed E-state index contributed by atoms with van der Waals surface area (Å²) in [5, 5.41) is 8.58. The molecule has 1 aromatic carbocycles. The molecule has 0 aliphatic carbocycles. The summed E-state index contributed by atoms with van der Waals surface area (Å²) in [6.07, 6.45) is 2.59. The third-order valence-electron chi connectivity index (χ3n) is 3.30. The molecule has 0 radical (unpaired) electrons. The van der Waals surface area contributed by atoms with E-state index in [1.165, 1.54) is 0 Å². The molecule has 0 unspecified atom stereocenters. The molecule has 0 N–H and O–H groups in total. The molecular formula is C14H16N2O. The average molecular weight is 228 g/mol. The van der Waals surface area contributed by atoms with Gasteiger partial charge in [0, 0.05) is 18.2 Å². The zero-order valence-corrected chi connectivity index (χ0v) is 10.0. The Morgan fingerprint density at radius 1 is 1.47 bits per heavy atom. The van der Waals surface area contributed by atoms with Crippen LogP contribution in [-0.4, -0.2) is 23.4 Å². The van der Waals surface area contributed by atoms with Gasteiger partial charge in [-0.1, -0.05) is 12.1 Å². The molecule has 1 aliphatic heterocycles. The topological polar surface area (TPSA) is 44.1 Å². The van der Waals surface area contributed by atoms with E-state index in [1.54, 1.807) is 0 Å². The van der Waals surface area contributed by atoms with Crippen LogP contribution in [0.25, 0.3) is 0 Å². The maximum absolute atomic E-state index is 12.2. The van der Waals surface area contributed by atoms with Crippen LogP contribution in [0.15, 0.2) is 24.3 Å². The van der Waals surface area contributed by atoms with Gasteiger partial charge in [0.2, 0.25) is 0 Å². The number of rotatable bonds is 2. The van der Waals surface area contributed by atoms with Crippen molar-refractivity contribution in [1.29, 1.82) is 5.26 Å². The Morgan fingerprint density at radius 3 is 2.71 bits per heavy atom. The van der Waals surface area contributed by atoms with Gasteiger partial charge in [0.25, 0.3) is 5.91 Å². The van der Waals surface area contributed by atoms with Crippen LogP contribution in [0.4, 0.5) is 0 Å².